The number of hydrogen-bond donors (Lipinski definition) is 1. The zero-order chi connectivity index (χ0) is 26.8. The number of nitrogens with one attached hydrogen (secondary N) is 1. The van der Waals surface area contributed by atoms with Gasteiger partial charge in [-0.15, -0.1) is 11.8 Å². The molecule has 0 aliphatic heterocycles. The van der Waals surface area contributed by atoms with Gasteiger partial charge in [-0.1, -0.05) is 83.0 Å². The third kappa shape index (κ3) is 8.87. The molecule has 1 N–H and O–H groups in total. The molecule has 2 amide bonds. The van der Waals surface area contributed by atoms with Crippen LogP contribution < -0.4 is 5.32 Å². The Morgan fingerprint density at radius 1 is 1.03 bits per heavy atom. The highest BCUT2D eigenvalue weighted by molar-refractivity contribution is 9.10. The maximum Gasteiger partial charge on any atom is 0.243 e. The van der Waals surface area contributed by atoms with Crippen molar-refractivity contribution in [3.8, 4) is 0 Å². The number of hydrogen-bond acceptors (Lipinski definition) is 3. The van der Waals surface area contributed by atoms with Crippen LogP contribution in [0.3, 0.4) is 0 Å². The van der Waals surface area contributed by atoms with E-state index in [-0.39, 0.29) is 35.9 Å². The first-order valence-corrected chi connectivity index (χ1v) is 14.5. The van der Waals surface area contributed by atoms with Crippen LogP contribution in [0.4, 0.5) is 4.39 Å². The molecule has 3 rings (SSSR count). The van der Waals surface area contributed by atoms with E-state index in [0.29, 0.717) is 17.0 Å². The van der Waals surface area contributed by atoms with Gasteiger partial charge in [-0.25, -0.2) is 4.39 Å². The minimum Gasteiger partial charge on any atom is -0.352 e. The molecule has 0 heterocycles. The van der Waals surface area contributed by atoms with E-state index < -0.39 is 11.9 Å². The van der Waals surface area contributed by atoms with E-state index >= 15 is 0 Å². The first-order chi connectivity index (χ1) is 17.8. The third-order valence-corrected chi connectivity index (χ3v) is 7.90. The average Bonchev–Trinajstić information content (AvgIpc) is 2.89. The molecule has 0 saturated heterocycles. The predicted molar refractivity (Wildman–Crippen MR) is 154 cm³/mol. The summed E-state index contributed by atoms with van der Waals surface area (Å²) in [5, 5.41) is 3.40. The Morgan fingerprint density at radius 3 is 2.38 bits per heavy atom. The van der Waals surface area contributed by atoms with Crippen LogP contribution in [0.1, 0.15) is 37.0 Å². The molecule has 3 aromatic rings. The summed E-state index contributed by atoms with van der Waals surface area (Å²) in [7, 11) is 0. The lowest BCUT2D eigenvalue weighted by molar-refractivity contribution is -0.139. The zero-order valence-corrected chi connectivity index (χ0v) is 24.1. The lowest BCUT2D eigenvalue weighted by atomic mass is 10.0. The second-order valence-corrected chi connectivity index (χ2v) is 11.2. The van der Waals surface area contributed by atoms with Crippen molar-refractivity contribution < 1.29 is 14.0 Å². The van der Waals surface area contributed by atoms with Crippen LogP contribution in [0.2, 0.25) is 5.02 Å². The number of carbonyl (C=O) groups excluding carboxylic acids is 2. The predicted octanol–water partition coefficient (Wildman–Crippen LogP) is 7.03. The number of amides is 2. The molecule has 0 spiro atoms. The number of rotatable bonds is 12. The highest BCUT2D eigenvalue weighted by Gasteiger charge is 2.31. The first kappa shape index (κ1) is 29.2. The molecule has 0 fully saturated rings. The SMILES string of the molecule is CCC(C)NC(=O)C(Cc1ccccc1)N(Cc1ccc(Br)cc1)C(=O)CSCc1c(F)cccc1Cl. The molecule has 37 heavy (non-hydrogen) atoms. The Hall–Kier alpha value is -2.35. The van der Waals surface area contributed by atoms with Gasteiger partial charge in [-0.05, 0) is 48.7 Å². The van der Waals surface area contributed by atoms with Crippen molar-refractivity contribution in [1.29, 1.82) is 0 Å². The fraction of sp³-hybridized carbons (Fsp3) is 0.310. The van der Waals surface area contributed by atoms with Crippen LogP contribution in [0, 0.1) is 5.82 Å². The molecular weight excluding hydrogens is 575 g/mol. The van der Waals surface area contributed by atoms with Crippen LogP contribution in [0.25, 0.3) is 0 Å². The lowest BCUT2D eigenvalue weighted by Gasteiger charge is -2.32. The van der Waals surface area contributed by atoms with Crippen molar-refractivity contribution in [1.82, 2.24) is 10.2 Å². The van der Waals surface area contributed by atoms with Crippen LogP contribution in [-0.2, 0) is 28.3 Å². The van der Waals surface area contributed by atoms with Crippen LogP contribution in [0.5, 0.6) is 0 Å². The first-order valence-electron chi connectivity index (χ1n) is 12.2. The Labute approximate surface area is 236 Å². The second kappa shape index (κ2) is 14.6. The van der Waals surface area contributed by atoms with Crippen LogP contribution in [-0.4, -0.2) is 34.6 Å². The minimum atomic E-state index is -0.704. The maximum atomic E-state index is 14.2. The normalized spacial score (nSPS) is 12.6. The topological polar surface area (TPSA) is 49.4 Å². The highest BCUT2D eigenvalue weighted by atomic mass is 79.9. The molecule has 0 aliphatic rings. The summed E-state index contributed by atoms with van der Waals surface area (Å²) in [6, 6.07) is 21.2. The number of benzene rings is 3. The molecule has 0 saturated carbocycles. The van der Waals surface area contributed by atoms with Gasteiger partial charge < -0.3 is 10.2 Å². The van der Waals surface area contributed by atoms with Gasteiger partial charge in [0, 0.05) is 39.8 Å². The van der Waals surface area contributed by atoms with Crippen LogP contribution >= 0.6 is 39.3 Å². The number of thioether (sulfide) groups is 1. The van der Waals surface area contributed by atoms with Gasteiger partial charge in [0.2, 0.25) is 11.8 Å². The highest BCUT2D eigenvalue weighted by Crippen LogP contribution is 2.25. The molecule has 0 radical (unpaired) electrons. The smallest absolute Gasteiger partial charge is 0.243 e. The Morgan fingerprint density at radius 2 is 1.73 bits per heavy atom. The van der Waals surface area contributed by atoms with Gasteiger partial charge >= 0.3 is 0 Å². The number of carbonyl (C=O) groups is 2. The number of nitrogens with zero attached hydrogens (tertiary/aromatic N) is 1. The van der Waals surface area contributed by atoms with Gasteiger partial charge in [-0.3, -0.25) is 9.59 Å². The monoisotopic (exact) mass is 604 g/mol. The van der Waals surface area contributed by atoms with Gasteiger partial charge in [0.1, 0.15) is 11.9 Å². The van der Waals surface area contributed by atoms with Gasteiger partial charge in [0.15, 0.2) is 0 Å². The Kier molecular flexibility index (Phi) is 11.5. The van der Waals surface area contributed by atoms with E-state index in [0.717, 1.165) is 22.0 Å². The van der Waals surface area contributed by atoms with Crippen molar-refractivity contribution in [3.05, 3.63) is 105 Å². The fourth-order valence-electron chi connectivity index (χ4n) is 3.78. The molecule has 0 aliphatic carbocycles. The van der Waals surface area contributed by atoms with Crippen molar-refractivity contribution in [2.45, 2.75) is 51.1 Å². The van der Waals surface area contributed by atoms with E-state index in [2.05, 4.69) is 21.2 Å². The summed E-state index contributed by atoms with van der Waals surface area (Å²) in [6.45, 7) is 4.23. The molecular formula is C29H31BrClFN2O2S. The molecule has 0 bridgehead atoms. The van der Waals surface area contributed by atoms with Crippen molar-refractivity contribution in [3.63, 3.8) is 0 Å². The lowest BCUT2D eigenvalue weighted by Crippen LogP contribution is -2.52. The standard InChI is InChI=1S/C29H31BrClFN2O2S/c1-3-20(2)33-29(36)27(16-21-8-5-4-6-9-21)34(17-22-12-14-23(30)15-13-22)28(35)19-37-18-24-25(31)10-7-11-26(24)32/h4-15,20,27H,3,16-19H2,1-2H3,(H,33,36). The van der Waals surface area contributed by atoms with E-state index in [4.69, 9.17) is 11.6 Å². The maximum absolute atomic E-state index is 14.2. The molecule has 4 nitrogen and oxygen atoms in total. The Balaban J connectivity index is 1.87. The quantitative estimate of drug-likeness (QED) is 0.241. The average molecular weight is 606 g/mol. The van der Waals surface area contributed by atoms with Gasteiger partial charge in [0.05, 0.1) is 5.75 Å². The fourth-order valence-corrected chi connectivity index (χ4v) is 5.29. The van der Waals surface area contributed by atoms with Gasteiger partial charge in [-0.2, -0.15) is 0 Å². The third-order valence-electron chi connectivity index (χ3n) is 6.07. The molecule has 3 aromatic carbocycles. The van der Waals surface area contributed by atoms with Gasteiger partial charge in [0.25, 0.3) is 0 Å². The second-order valence-electron chi connectivity index (χ2n) is 8.86. The van der Waals surface area contributed by atoms with E-state index in [1.807, 2.05) is 68.4 Å². The molecule has 196 valence electrons. The van der Waals surface area contributed by atoms with E-state index in [1.54, 1.807) is 17.0 Å². The molecule has 0 aromatic heterocycles. The number of halogens is 3. The van der Waals surface area contributed by atoms with E-state index in [1.165, 1.54) is 17.8 Å². The van der Waals surface area contributed by atoms with Crippen molar-refractivity contribution in [2.75, 3.05) is 5.75 Å². The van der Waals surface area contributed by atoms with E-state index in [9.17, 15) is 14.0 Å². The molecule has 2 atom stereocenters. The summed E-state index contributed by atoms with van der Waals surface area (Å²) in [6.07, 6.45) is 1.17. The summed E-state index contributed by atoms with van der Waals surface area (Å²) < 4.78 is 15.2. The molecule has 2 unspecified atom stereocenters. The molecule has 8 heteroatoms. The zero-order valence-electron chi connectivity index (χ0n) is 20.9. The summed E-state index contributed by atoms with van der Waals surface area (Å²) in [4.78, 5) is 28.8. The summed E-state index contributed by atoms with van der Waals surface area (Å²) in [5.41, 5.74) is 2.25. The Bertz CT molecular complexity index is 1160. The largest absolute Gasteiger partial charge is 0.352 e. The van der Waals surface area contributed by atoms with Crippen molar-refractivity contribution >= 4 is 51.1 Å². The van der Waals surface area contributed by atoms with Crippen LogP contribution in [0.15, 0.2) is 77.3 Å². The summed E-state index contributed by atoms with van der Waals surface area (Å²) in [5.74, 6) is -0.435. The summed E-state index contributed by atoms with van der Waals surface area (Å²) >= 11 is 10.9. The minimum absolute atomic E-state index is 0.0204. The van der Waals surface area contributed by atoms with Crippen molar-refractivity contribution in [2.24, 2.45) is 0 Å².